The van der Waals surface area contributed by atoms with Gasteiger partial charge in [-0.2, -0.15) is 0 Å². The van der Waals surface area contributed by atoms with E-state index in [0.717, 1.165) is 16.9 Å². The Morgan fingerprint density at radius 3 is 2.16 bits per heavy atom. The van der Waals surface area contributed by atoms with Crippen molar-refractivity contribution < 1.29 is 0 Å². The van der Waals surface area contributed by atoms with Crippen LogP contribution in [0.1, 0.15) is 22.4 Å². The first-order chi connectivity index (χ1) is 12.0. The van der Waals surface area contributed by atoms with Gasteiger partial charge in [0.25, 0.3) is 0 Å². The third-order valence-corrected chi connectivity index (χ3v) is 3.98. The molecule has 0 bridgehead atoms. The van der Waals surface area contributed by atoms with Gasteiger partial charge in [-0.3, -0.25) is 4.98 Å². The van der Waals surface area contributed by atoms with Crippen molar-refractivity contribution in [2.75, 3.05) is 0 Å². The minimum Gasteiger partial charge on any atom is -0.256 e. The molecule has 4 rings (SSSR count). The number of pyridine rings is 1. The summed E-state index contributed by atoms with van der Waals surface area (Å²) < 4.78 is 1.85. The Morgan fingerprint density at radius 2 is 1.52 bits per heavy atom. The standard InChI is InChI=1S/C12H15N3.C9H7N/c1-8-5-9(2)12(10(3)6-8)15-7-11(4)13-14-15;1-2-6-9-8(4-1)5-3-7-10-9/h5-7H,1-4H3;1-7H. The molecule has 0 radical (unpaired) electrons. The van der Waals surface area contributed by atoms with E-state index in [1.807, 2.05) is 48.3 Å². The van der Waals surface area contributed by atoms with Crippen molar-refractivity contribution in [3.63, 3.8) is 0 Å². The lowest BCUT2D eigenvalue weighted by Crippen LogP contribution is -2.01. The number of rotatable bonds is 1. The van der Waals surface area contributed by atoms with Gasteiger partial charge in [-0.1, -0.05) is 47.2 Å². The highest BCUT2D eigenvalue weighted by Crippen LogP contribution is 2.19. The van der Waals surface area contributed by atoms with Crippen LogP contribution >= 0.6 is 0 Å². The van der Waals surface area contributed by atoms with E-state index in [0.29, 0.717) is 0 Å². The quantitative estimate of drug-likeness (QED) is 0.506. The van der Waals surface area contributed by atoms with Crippen LogP contribution in [0, 0.1) is 27.7 Å². The third kappa shape index (κ3) is 3.91. The molecule has 0 amide bonds. The average molecular weight is 330 g/mol. The van der Waals surface area contributed by atoms with Gasteiger partial charge in [0.2, 0.25) is 0 Å². The highest BCUT2D eigenvalue weighted by molar-refractivity contribution is 5.77. The van der Waals surface area contributed by atoms with E-state index in [-0.39, 0.29) is 0 Å². The molecule has 126 valence electrons. The summed E-state index contributed by atoms with van der Waals surface area (Å²) in [5, 5.41) is 9.31. The summed E-state index contributed by atoms with van der Waals surface area (Å²) in [5.41, 5.74) is 6.89. The van der Waals surface area contributed by atoms with Gasteiger partial charge < -0.3 is 0 Å². The van der Waals surface area contributed by atoms with Crippen molar-refractivity contribution in [2.45, 2.75) is 27.7 Å². The van der Waals surface area contributed by atoms with Gasteiger partial charge in [-0.05, 0) is 51.0 Å². The molecule has 0 aliphatic heterocycles. The summed E-state index contributed by atoms with van der Waals surface area (Å²) in [6.07, 6.45) is 3.76. The van der Waals surface area contributed by atoms with E-state index in [9.17, 15) is 0 Å². The maximum Gasteiger partial charge on any atom is 0.0800 e. The van der Waals surface area contributed by atoms with Gasteiger partial charge in [0, 0.05) is 11.6 Å². The lowest BCUT2D eigenvalue weighted by molar-refractivity contribution is 0.791. The highest BCUT2D eigenvalue weighted by Gasteiger charge is 2.07. The van der Waals surface area contributed by atoms with E-state index in [2.05, 4.69) is 60.3 Å². The minimum atomic E-state index is 0.939. The summed E-state index contributed by atoms with van der Waals surface area (Å²) in [6, 6.07) is 16.4. The van der Waals surface area contributed by atoms with Crippen LogP contribution in [0.4, 0.5) is 0 Å². The summed E-state index contributed by atoms with van der Waals surface area (Å²) in [6.45, 7) is 8.26. The number of benzene rings is 2. The van der Waals surface area contributed by atoms with Gasteiger partial charge in [0.1, 0.15) is 0 Å². The largest absolute Gasteiger partial charge is 0.256 e. The molecule has 2 aromatic heterocycles. The molecule has 2 aromatic carbocycles. The van der Waals surface area contributed by atoms with Gasteiger partial charge in [0.05, 0.1) is 23.1 Å². The molecule has 0 atom stereocenters. The first-order valence-corrected chi connectivity index (χ1v) is 8.31. The zero-order valence-corrected chi connectivity index (χ0v) is 15.1. The molecule has 0 aliphatic rings. The van der Waals surface area contributed by atoms with Crippen molar-refractivity contribution in [2.24, 2.45) is 0 Å². The van der Waals surface area contributed by atoms with Crippen LogP contribution in [-0.4, -0.2) is 20.0 Å². The normalized spacial score (nSPS) is 10.4. The number of nitrogens with zero attached hydrogens (tertiary/aromatic N) is 4. The van der Waals surface area contributed by atoms with Crippen LogP contribution < -0.4 is 0 Å². The van der Waals surface area contributed by atoms with Crippen molar-refractivity contribution >= 4 is 10.9 Å². The van der Waals surface area contributed by atoms with Gasteiger partial charge in [0.15, 0.2) is 0 Å². The predicted molar refractivity (Wildman–Crippen MR) is 102 cm³/mol. The number of para-hydroxylation sites is 1. The van der Waals surface area contributed by atoms with Crippen molar-refractivity contribution in [3.8, 4) is 5.69 Å². The molecule has 2 heterocycles. The Kier molecular flexibility index (Phi) is 4.89. The van der Waals surface area contributed by atoms with Crippen LogP contribution in [0.5, 0.6) is 0 Å². The van der Waals surface area contributed by atoms with Crippen LogP contribution in [0.2, 0.25) is 0 Å². The topological polar surface area (TPSA) is 43.6 Å². The molecule has 4 heteroatoms. The summed E-state index contributed by atoms with van der Waals surface area (Å²) >= 11 is 0. The number of fused-ring (bicyclic) bond motifs is 1. The monoisotopic (exact) mass is 330 g/mol. The lowest BCUT2D eigenvalue weighted by Gasteiger charge is -2.10. The minimum absolute atomic E-state index is 0.939. The molecular weight excluding hydrogens is 308 g/mol. The maximum absolute atomic E-state index is 4.18. The number of hydrogen-bond donors (Lipinski definition) is 0. The van der Waals surface area contributed by atoms with Gasteiger partial charge in [-0.25, -0.2) is 4.68 Å². The third-order valence-electron chi connectivity index (χ3n) is 3.98. The lowest BCUT2D eigenvalue weighted by atomic mass is 10.1. The zero-order chi connectivity index (χ0) is 17.8. The van der Waals surface area contributed by atoms with Gasteiger partial charge in [-0.15, -0.1) is 5.10 Å². The Morgan fingerprint density at radius 1 is 0.840 bits per heavy atom. The van der Waals surface area contributed by atoms with E-state index >= 15 is 0 Å². The Bertz CT molecular complexity index is 913. The van der Waals surface area contributed by atoms with Crippen LogP contribution in [0.15, 0.2) is 60.9 Å². The Hall–Kier alpha value is -3.01. The Labute approximate surface area is 148 Å². The van der Waals surface area contributed by atoms with Crippen molar-refractivity contribution in [3.05, 3.63) is 83.3 Å². The summed E-state index contributed by atoms with van der Waals surface area (Å²) in [5.74, 6) is 0. The van der Waals surface area contributed by atoms with Crippen LogP contribution in [-0.2, 0) is 0 Å². The predicted octanol–water partition coefficient (Wildman–Crippen LogP) is 4.74. The van der Waals surface area contributed by atoms with E-state index in [4.69, 9.17) is 0 Å². The fourth-order valence-electron chi connectivity index (χ4n) is 3.01. The molecule has 4 nitrogen and oxygen atoms in total. The smallest absolute Gasteiger partial charge is 0.0800 e. The molecule has 0 aliphatic carbocycles. The second-order valence-corrected chi connectivity index (χ2v) is 6.25. The molecule has 0 unspecified atom stereocenters. The second kappa shape index (κ2) is 7.26. The molecule has 0 spiro atoms. The average Bonchev–Trinajstić information content (AvgIpc) is 3.00. The number of aryl methyl sites for hydroxylation is 4. The van der Waals surface area contributed by atoms with E-state index in [1.165, 1.54) is 22.1 Å². The van der Waals surface area contributed by atoms with Crippen LogP contribution in [0.3, 0.4) is 0 Å². The molecule has 0 fully saturated rings. The number of hydrogen-bond acceptors (Lipinski definition) is 3. The second-order valence-electron chi connectivity index (χ2n) is 6.25. The van der Waals surface area contributed by atoms with E-state index < -0.39 is 0 Å². The molecule has 4 aromatic rings. The highest BCUT2D eigenvalue weighted by atomic mass is 15.4. The maximum atomic E-state index is 4.18. The number of aromatic nitrogens is 4. The van der Waals surface area contributed by atoms with Gasteiger partial charge >= 0.3 is 0 Å². The van der Waals surface area contributed by atoms with Crippen molar-refractivity contribution in [1.29, 1.82) is 0 Å². The van der Waals surface area contributed by atoms with Crippen molar-refractivity contribution in [1.82, 2.24) is 20.0 Å². The van der Waals surface area contributed by atoms with Crippen LogP contribution in [0.25, 0.3) is 16.6 Å². The summed E-state index contributed by atoms with van der Waals surface area (Å²) in [4.78, 5) is 4.18. The molecule has 25 heavy (non-hydrogen) atoms. The molecule has 0 saturated carbocycles. The fraction of sp³-hybridized carbons (Fsp3) is 0.190. The summed E-state index contributed by atoms with van der Waals surface area (Å²) in [7, 11) is 0. The van der Waals surface area contributed by atoms with E-state index in [1.54, 1.807) is 0 Å². The molecular formula is C21H22N4. The first kappa shape index (κ1) is 16.8. The zero-order valence-electron chi connectivity index (χ0n) is 15.1. The Balaban J connectivity index is 0.000000157. The first-order valence-electron chi connectivity index (χ1n) is 8.31. The fourth-order valence-corrected chi connectivity index (χ4v) is 3.01. The molecule has 0 saturated heterocycles. The molecule has 0 N–H and O–H groups in total. The SMILES string of the molecule is Cc1cc(C)c(-n2cc(C)nn2)c(C)c1.c1ccc2ncccc2c1.